The number of nitrogens with zero attached hydrogens (tertiary/aromatic N) is 4. The maximum Gasteiger partial charge on any atom is 0.129 e. The van der Waals surface area contributed by atoms with E-state index >= 15 is 0 Å². The van der Waals surface area contributed by atoms with Gasteiger partial charge in [0.05, 0.1) is 23.8 Å². The minimum atomic E-state index is 0.169. The second-order valence-electron chi connectivity index (χ2n) is 9.70. The minimum absolute atomic E-state index is 0.169. The zero-order valence-electron chi connectivity index (χ0n) is 19.7. The van der Waals surface area contributed by atoms with E-state index in [2.05, 4.69) is 52.0 Å². The topological polar surface area (TPSA) is 52.4 Å². The van der Waals surface area contributed by atoms with Crippen LogP contribution in [0.15, 0.2) is 54.7 Å². The molecule has 2 aliphatic heterocycles. The molecule has 0 radical (unpaired) electrons. The first kappa shape index (κ1) is 23.1. The summed E-state index contributed by atoms with van der Waals surface area (Å²) in [6.45, 7) is 7.08. The lowest BCUT2D eigenvalue weighted by Crippen LogP contribution is -2.51. The molecule has 0 unspecified atom stereocenters. The Labute approximate surface area is 206 Å². The van der Waals surface area contributed by atoms with Crippen LogP contribution in [0.5, 0.6) is 0 Å². The molecule has 3 heterocycles. The van der Waals surface area contributed by atoms with Gasteiger partial charge >= 0.3 is 0 Å². The fraction of sp³-hybridized carbons (Fsp3) is 0.429. The number of pyridine rings is 1. The smallest absolute Gasteiger partial charge is 0.129 e. The number of rotatable bonds is 5. The van der Waals surface area contributed by atoms with Crippen molar-refractivity contribution in [2.75, 3.05) is 37.6 Å². The zero-order valence-corrected chi connectivity index (χ0v) is 20.4. The molecule has 2 fully saturated rings. The Hall–Kier alpha value is -2.65. The number of piperidine rings is 1. The predicted molar refractivity (Wildman–Crippen MR) is 137 cm³/mol. The van der Waals surface area contributed by atoms with Gasteiger partial charge in [-0.2, -0.15) is 5.26 Å². The number of hydrogen-bond donors (Lipinski definition) is 0. The van der Waals surface area contributed by atoms with Crippen molar-refractivity contribution < 1.29 is 4.74 Å². The molecule has 1 aromatic heterocycles. The predicted octanol–water partition coefficient (Wildman–Crippen LogP) is 5.31. The monoisotopic (exact) mass is 474 g/mol. The van der Waals surface area contributed by atoms with Crippen LogP contribution in [0.4, 0.5) is 5.69 Å². The van der Waals surface area contributed by atoms with Crippen LogP contribution in [0.3, 0.4) is 0 Å². The second kappa shape index (κ2) is 10.3. The van der Waals surface area contributed by atoms with E-state index < -0.39 is 0 Å². The Bertz CT molecular complexity index is 1180. The summed E-state index contributed by atoms with van der Waals surface area (Å²) in [5.74, 6) is 0.697. The number of morpholine rings is 1. The van der Waals surface area contributed by atoms with E-state index in [-0.39, 0.29) is 12.2 Å². The van der Waals surface area contributed by atoms with Crippen molar-refractivity contribution in [3.63, 3.8) is 0 Å². The first-order valence-electron chi connectivity index (χ1n) is 12.2. The van der Waals surface area contributed by atoms with Gasteiger partial charge in [-0.15, -0.1) is 0 Å². The number of nitriles is 1. The van der Waals surface area contributed by atoms with E-state index in [9.17, 15) is 5.26 Å². The van der Waals surface area contributed by atoms with Crippen LogP contribution < -0.4 is 4.90 Å². The van der Waals surface area contributed by atoms with Crippen molar-refractivity contribution >= 4 is 28.1 Å². The summed E-state index contributed by atoms with van der Waals surface area (Å²) in [6, 6.07) is 18.7. The third-order valence-electron chi connectivity index (χ3n) is 7.17. The standard InChI is InChI=1S/C28H31ClN4O/c1-20-17-33(27-7-6-23(16-30)25-4-2-3-5-26(25)27)19-24(34-20)18-32-12-9-21(10-13-32)14-22-8-11-31-28(29)15-22/h2-8,11,15,20-21,24H,9-10,12-14,17-19H2,1H3/t20-,24+/m1/s1. The summed E-state index contributed by atoms with van der Waals surface area (Å²) in [6.07, 6.45) is 5.62. The van der Waals surface area contributed by atoms with E-state index in [0.717, 1.165) is 55.5 Å². The van der Waals surface area contributed by atoms with Gasteiger partial charge in [-0.1, -0.05) is 35.9 Å². The SMILES string of the molecule is C[C@@H]1CN(c2ccc(C#N)c3ccccc23)C[C@H](CN2CCC(Cc3ccnc(Cl)c3)CC2)O1. The molecule has 0 spiro atoms. The van der Waals surface area contributed by atoms with Crippen LogP contribution in [-0.2, 0) is 11.2 Å². The maximum absolute atomic E-state index is 9.52. The number of anilines is 1. The third kappa shape index (κ3) is 5.20. The first-order valence-corrected chi connectivity index (χ1v) is 12.6. The number of ether oxygens (including phenoxy) is 1. The van der Waals surface area contributed by atoms with Crippen LogP contribution in [-0.4, -0.2) is 54.8 Å². The van der Waals surface area contributed by atoms with Crippen molar-refractivity contribution in [1.29, 1.82) is 5.26 Å². The summed E-state index contributed by atoms with van der Waals surface area (Å²) < 4.78 is 6.38. The first-order chi connectivity index (χ1) is 16.6. The molecule has 0 aliphatic carbocycles. The average molecular weight is 475 g/mol. The van der Waals surface area contributed by atoms with Crippen molar-refractivity contribution in [2.24, 2.45) is 5.92 Å². The molecule has 2 saturated heterocycles. The van der Waals surface area contributed by atoms with Crippen LogP contribution >= 0.6 is 11.6 Å². The molecule has 5 rings (SSSR count). The zero-order chi connectivity index (χ0) is 23.5. The molecule has 2 atom stereocenters. The minimum Gasteiger partial charge on any atom is -0.370 e. The van der Waals surface area contributed by atoms with Crippen LogP contribution in [0.25, 0.3) is 10.8 Å². The summed E-state index contributed by atoms with van der Waals surface area (Å²) in [4.78, 5) is 9.10. The van der Waals surface area contributed by atoms with Gasteiger partial charge in [-0.25, -0.2) is 4.98 Å². The number of hydrogen-bond acceptors (Lipinski definition) is 5. The van der Waals surface area contributed by atoms with Gasteiger partial charge in [0.1, 0.15) is 5.15 Å². The lowest BCUT2D eigenvalue weighted by molar-refractivity contribution is -0.0360. The molecule has 176 valence electrons. The highest BCUT2D eigenvalue weighted by atomic mass is 35.5. The van der Waals surface area contributed by atoms with Gasteiger partial charge in [0, 0.05) is 42.3 Å². The molecule has 2 aliphatic rings. The molecular formula is C28H31ClN4O. The molecule has 6 heteroatoms. The largest absolute Gasteiger partial charge is 0.370 e. The van der Waals surface area contributed by atoms with E-state index in [0.29, 0.717) is 11.1 Å². The van der Waals surface area contributed by atoms with Crippen molar-refractivity contribution in [3.8, 4) is 6.07 Å². The van der Waals surface area contributed by atoms with Crippen molar-refractivity contribution in [3.05, 3.63) is 71.0 Å². The molecule has 5 nitrogen and oxygen atoms in total. The lowest BCUT2D eigenvalue weighted by Gasteiger charge is -2.41. The Morgan fingerprint density at radius 2 is 1.88 bits per heavy atom. The molecule has 0 N–H and O–H groups in total. The Morgan fingerprint density at radius 1 is 1.09 bits per heavy atom. The van der Waals surface area contributed by atoms with Gasteiger partial charge in [0.2, 0.25) is 0 Å². The van der Waals surface area contributed by atoms with E-state index in [1.165, 1.54) is 24.1 Å². The summed E-state index contributed by atoms with van der Waals surface area (Å²) in [5.41, 5.74) is 3.21. The molecular weight excluding hydrogens is 444 g/mol. The second-order valence-corrected chi connectivity index (χ2v) is 10.1. The van der Waals surface area contributed by atoms with Crippen molar-refractivity contribution in [2.45, 2.75) is 38.4 Å². The number of likely N-dealkylation sites (tertiary alicyclic amines) is 1. The lowest BCUT2D eigenvalue weighted by atomic mass is 9.90. The average Bonchev–Trinajstić information content (AvgIpc) is 2.84. The highest BCUT2D eigenvalue weighted by Crippen LogP contribution is 2.32. The van der Waals surface area contributed by atoms with Crippen LogP contribution in [0, 0.1) is 17.2 Å². The molecule has 0 saturated carbocycles. The Kier molecular flexibility index (Phi) is 7.01. The normalized spacial score (nSPS) is 22.1. The summed E-state index contributed by atoms with van der Waals surface area (Å²) in [5, 5.41) is 12.3. The van der Waals surface area contributed by atoms with Gasteiger partial charge in [-0.3, -0.25) is 0 Å². The fourth-order valence-electron chi connectivity index (χ4n) is 5.56. The van der Waals surface area contributed by atoms with Crippen LogP contribution in [0.1, 0.15) is 30.9 Å². The van der Waals surface area contributed by atoms with E-state index in [1.807, 2.05) is 24.3 Å². The van der Waals surface area contributed by atoms with Gasteiger partial charge < -0.3 is 14.5 Å². The Morgan fingerprint density at radius 3 is 2.65 bits per heavy atom. The molecule has 3 aromatic rings. The molecule has 0 amide bonds. The van der Waals surface area contributed by atoms with Gasteiger partial charge in [-0.05, 0) is 75.0 Å². The highest BCUT2D eigenvalue weighted by Gasteiger charge is 2.29. The summed E-state index contributed by atoms with van der Waals surface area (Å²) >= 11 is 6.06. The van der Waals surface area contributed by atoms with Crippen molar-refractivity contribution in [1.82, 2.24) is 9.88 Å². The summed E-state index contributed by atoms with van der Waals surface area (Å²) in [7, 11) is 0. The van der Waals surface area contributed by atoms with Crippen LogP contribution in [0.2, 0.25) is 5.15 Å². The van der Waals surface area contributed by atoms with Gasteiger partial charge in [0.15, 0.2) is 0 Å². The number of aromatic nitrogens is 1. The number of benzene rings is 2. The van der Waals surface area contributed by atoms with E-state index in [1.54, 1.807) is 6.20 Å². The Balaban J connectivity index is 1.22. The molecule has 2 aromatic carbocycles. The van der Waals surface area contributed by atoms with E-state index in [4.69, 9.17) is 16.3 Å². The molecule has 34 heavy (non-hydrogen) atoms. The highest BCUT2D eigenvalue weighted by molar-refractivity contribution is 6.29. The van der Waals surface area contributed by atoms with Gasteiger partial charge in [0.25, 0.3) is 0 Å². The molecule has 0 bridgehead atoms. The number of halogens is 1. The maximum atomic E-state index is 9.52. The quantitative estimate of drug-likeness (QED) is 0.469. The number of fused-ring (bicyclic) bond motifs is 1. The third-order valence-corrected chi connectivity index (χ3v) is 7.38. The fourth-order valence-corrected chi connectivity index (χ4v) is 5.76.